The number of carbonyl (C=O) groups is 2. The number of ketones is 1. The van der Waals surface area contributed by atoms with Gasteiger partial charge in [0, 0.05) is 0 Å². The molecule has 1 aliphatic heterocycles. The molecule has 1 aromatic carbocycles. The fourth-order valence-corrected chi connectivity index (χ4v) is 3.06. The molecule has 0 radical (unpaired) electrons. The van der Waals surface area contributed by atoms with E-state index in [2.05, 4.69) is 5.32 Å². The molecule has 5 nitrogen and oxygen atoms in total. The van der Waals surface area contributed by atoms with E-state index >= 15 is 0 Å². The highest BCUT2D eigenvalue weighted by atomic mass is 16.3. The topological polar surface area (TPSA) is 69.6 Å². The van der Waals surface area contributed by atoms with Crippen LogP contribution in [0.1, 0.15) is 38.2 Å². The van der Waals surface area contributed by atoms with Crippen LogP contribution in [-0.4, -0.2) is 47.4 Å². The standard InChI is InChI=1S/C18H26N2O3/c1-13(21)16(19-18(23)17-7-4-12-20(17)2)6-3-5-14-8-10-15(22)11-9-14/h8-11,16-17,22H,3-7,12H2,1-2H3,(H,19,23)/t16-,17-/m0/s1. The van der Waals surface area contributed by atoms with Crippen LogP contribution in [0.15, 0.2) is 24.3 Å². The molecule has 1 aromatic rings. The monoisotopic (exact) mass is 318 g/mol. The van der Waals surface area contributed by atoms with Crippen molar-refractivity contribution in [2.24, 2.45) is 0 Å². The predicted molar refractivity (Wildman–Crippen MR) is 89.3 cm³/mol. The van der Waals surface area contributed by atoms with Crippen molar-refractivity contribution in [3.63, 3.8) is 0 Å². The average Bonchev–Trinajstić information content (AvgIpc) is 2.94. The minimum absolute atomic E-state index is 0.00436. The molecule has 5 heteroatoms. The number of phenols is 1. The van der Waals surface area contributed by atoms with Gasteiger partial charge in [-0.05, 0) is 70.3 Å². The Hall–Kier alpha value is -1.88. The van der Waals surface area contributed by atoms with Gasteiger partial charge in [0.2, 0.25) is 5.91 Å². The second-order valence-corrected chi connectivity index (χ2v) is 6.37. The molecule has 126 valence electrons. The van der Waals surface area contributed by atoms with Crippen LogP contribution in [0.4, 0.5) is 0 Å². The van der Waals surface area contributed by atoms with E-state index in [-0.39, 0.29) is 23.5 Å². The summed E-state index contributed by atoms with van der Waals surface area (Å²) in [6.45, 7) is 2.47. The lowest BCUT2D eigenvalue weighted by Gasteiger charge is -2.22. The van der Waals surface area contributed by atoms with E-state index < -0.39 is 6.04 Å². The number of likely N-dealkylation sites (N-methyl/N-ethyl adjacent to an activating group) is 1. The van der Waals surface area contributed by atoms with Crippen molar-refractivity contribution in [1.82, 2.24) is 10.2 Å². The van der Waals surface area contributed by atoms with Crippen LogP contribution in [-0.2, 0) is 16.0 Å². The number of aryl methyl sites for hydroxylation is 1. The van der Waals surface area contributed by atoms with Crippen molar-refractivity contribution in [3.05, 3.63) is 29.8 Å². The van der Waals surface area contributed by atoms with Gasteiger partial charge in [-0.1, -0.05) is 12.1 Å². The van der Waals surface area contributed by atoms with Gasteiger partial charge in [-0.15, -0.1) is 0 Å². The Morgan fingerprint density at radius 3 is 2.61 bits per heavy atom. The summed E-state index contributed by atoms with van der Waals surface area (Å²) in [6.07, 6.45) is 4.16. The average molecular weight is 318 g/mol. The minimum atomic E-state index is -0.409. The number of Topliss-reactive ketones (excluding diaryl/α,β-unsaturated/α-hetero) is 1. The number of nitrogens with zero attached hydrogens (tertiary/aromatic N) is 1. The van der Waals surface area contributed by atoms with E-state index in [0.29, 0.717) is 6.42 Å². The third kappa shape index (κ3) is 5.06. The van der Waals surface area contributed by atoms with Crippen LogP contribution < -0.4 is 5.32 Å². The van der Waals surface area contributed by atoms with Gasteiger partial charge in [-0.3, -0.25) is 14.5 Å². The van der Waals surface area contributed by atoms with Crippen molar-refractivity contribution in [1.29, 1.82) is 0 Å². The molecule has 0 aliphatic carbocycles. The molecule has 1 fully saturated rings. The summed E-state index contributed by atoms with van der Waals surface area (Å²) in [6, 6.07) is 6.57. The number of amides is 1. The van der Waals surface area contributed by atoms with Crippen LogP contribution in [0.3, 0.4) is 0 Å². The molecule has 1 heterocycles. The SMILES string of the molecule is CC(=O)[C@H](CCCc1ccc(O)cc1)NC(=O)[C@@H]1CCCN1C. The van der Waals surface area contributed by atoms with Crippen LogP contribution >= 0.6 is 0 Å². The van der Waals surface area contributed by atoms with E-state index in [0.717, 1.165) is 37.8 Å². The largest absolute Gasteiger partial charge is 0.508 e. The smallest absolute Gasteiger partial charge is 0.237 e. The Balaban J connectivity index is 1.82. The van der Waals surface area contributed by atoms with E-state index in [1.54, 1.807) is 12.1 Å². The van der Waals surface area contributed by atoms with Crippen LogP contribution in [0, 0.1) is 0 Å². The minimum Gasteiger partial charge on any atom is -0.508 e. The Morgan fingerprint density at radius 2 is 2.04 bits per heavy atom. The van der Waals surface area contributed by atoms with E-state index in [1.165, 1.54) is 6.92 Å². The normalized spacial score (nSPS) is 19.5. The van der Waals surface area contributed by atoms with Gasteiger partial charge in [-0.2, -0.15) is 0 Å². The first kappa shape index (κ1) is 17.5. The molecule has 0 aromatic heterocycles. The maximum Gasteiger partial charge on any atom is 0.237 e. The molecule has 0 bridgehead atoms. The Morgan fingerprint density at radius 1 is 1.35 bits per heavy atom. The highest BCUT2D eigenvalue weighted by Gasteiger charge is 2.29. The highest BCUT2D eigenvalue weighted by molar-refractivity contribution is 5.89. The number of rotatable bonds is 7. The molecule has 2 atom stereocenters. The zero-order valence-electron chi connectivity index (χ0n) is 13.9. The second kappa shape index (κ2) is 8.11. The molecular weight excluding hydrogens is 292 g/mol. The number of benzene rings is 1. The third-order valence-corrected chi connectivity index (χ3v) is 4.52. The first-order valence-electron chi connectivity index (χ1n) is 8.26. The molecule has 1 amide bonds. The maximum absolute atomic E-state index is 12.3. The Kier molecular flexibility index (Phi) is 6.16. The molecule has 1 aliphatic rings. The summed E-state index contributed by atoms with van der Waals surface area (Å²) in [4.78, 5) is 26.2. The summed E-state index contributed by atoms with van der Waals surface area (Å²) in [5.41, 5.74) is 1.12. The lowest BCUT2D eigenvalue weighted by Crippen LogP contribution is -2.48. The lowest BCUT2D eigenvalue weighted by molar-refractivity contribution is -0.129. The number of phenolic OH excluding ortho intramolecular Hbond substituents is 1. The molecule has 23 heavy (non-hydrogen) atoms. The number of carbonyl (C=O) groups excluding carboxylic acids is 2. The number of hydrogen-bond acceptors (Lipinski definition) is 4. The molecule has 0 saturated carbocycles. The van der Waals surface area contributed by atoms with Gasteiger partial charge in [0.05, 0.1) is 12.1 Å². The molecule has 0 spiro atoms. The summed E-state index contributed by atoms with van der Waals surface area (Å²) in [7, 11) is 1.95. The Labute approximate surface area is 137 Å². The number of likely N-dealkylation sites (tertiary alicyclic amines) is 1. The summed E-state index contributed by atoms with van der Waals surface area (Å²) >= 11 is 0. The number of aromatic hydroxyl groups is 1. The van der Waals surface area contributed by atoms with Gasteiger partial charge in [0.15, 0.2) is 5.78 Å². The molecular formula is C18H26N2O3. The zero-order valence-corrected chi connectivity index (χ0v) is 13.9. The van der Waals surface area contributed by atoms with Gasteiger partial charge in [0.25, 0.3) is 0 Å². The van der Waals surface area contributed by atoms with E-state index in [4.69, 9.17) is 0 Å². The fourth-order valence-electron chi connectivity index (χ4n) is 3.06. The van der Waals surface area contributed by atoms with E-state index in [9.17, 15) is 14.7 Å². The molecule has 0 unspecified atom stereocenters. The van der Waals surface area contributed by atoms with Gasteiger partial charge >= 0.3 is 0 Å². The van der Waals surface area contributed by atoms with Crippen molar-refractivity contribution >= 4 is 11.7 Å². The van der Waals surface area contributed by atoms with Crippen LogP contribution in [0.25, 0.3) is 0 Å². The number of nitrogens with one attached hydrogen (secondary N) is 1. The second-order valence-electron chi connectivity index (χ2n) is 6.37. The Bertz CT molecular complexity index is 542. The van der Waals surface area contributed by atoms with E-state index in [1.807, 2.05) is 24.1 Å². The lowest BCUT2D eigenvalue weighted by atomic mass is 10.0. The fraction of sp³-hybridized carbons (Fsp3) is 0.556. The number of hydrogen-bond donors (Lipinski definition) is 2. The van der Waals surface area contributed by atoms with Crippen LogP contribution in [0.2, 0.25) is 0 Å². The first-order chi connectivity index (χ1) is 11.0. The van der Waals surface area contributed by atoms with Gasteiger partial charge in [-0.25, -0.2) is 0 Å². The highest BCUT2D eigenvalue weighted by Crippen LogP contribution is 2.16. The van der Waals surface area contributed by atoms with Crippen molar-refractivity contribution in [2.45, 2.75) is 51.1 Å². The maximum atomic E-state index is 12.3. The van der Waals surface area contributed by atoms with Gasteiger partial charge < -0.3 is 10.4 Å². The van der Waals surface area contributed by atoms with Crippen LogP contribution in [0.5, 0.6) is 5.75 Å². The zero-order chi connectivity index (χ0) is 16.8. The first-order valence-corrected chi connectivity index (χ1v) is 8.26. The van der Waals surface area contributed by atoms with Crippen molar-refractivity contribution < 1.29 is 14.7 Å². The van der Waals surface area contributed by atoms with Gasteiger partial charge in [0.1, 0.15) is 5.75 Å². The summed E-state index contributed by atoms with van der Waals surface area (Å²) in [5.74, 6) is 0.225. The molecule has 2 rings (SSSR count). The summed E-state index contributed by atoms with van der Waals surface area (Å²) in [5, 5.41) is 12.2. The van der Waals surface area contributed by atoms with Crippen molar-refractivity contribution in [2.75, 3.05) is 13.6 Å². The van der Waals surface area contributed by atoms with Crippen molar-refractivity contribution in [3.8, 4) is 5.75 Å². The molecule has 2 N–H and O–H groups in total. The quantitative estimate of drug-likeness (QED) is 0.805. The summed E-state index contributed by atoms with van der Waals surface area (Å²) < 4.78 is 0. The third-order valence-electron chi connectivity index (χ3n) is 4.52. The molecule has 1 saturated heterocycles. The predicted octanol–water partition coefficient (Wildman–Crippen LogP) is 1.88.